The van der Waals surface area contributed by atoms with Crippen LogP contribution < -0.4 is 10.7 Å². The van der Waals surface area contributed by atoms with Crippen LogP contribution in [0.25, 0.3) is 0 Å². The molecule has 4 rings (SSSR count). The summed E-state index contributed by atoms with van der Waals surface area (Å²) >= 11 is 0. The van der Waals surface area contributed by atoms with Crippen molar-refractivity contribution in [1.29, 1.82) is 0 Å². The van der Waals surface area contributed by atoms with Gasteiger partial charge in [0, 0.05) is 38.7 Å². The molecule has 0 bridgehead atoms. The van der Waals surface area contributed by atoms with Crippen LogP contribution in [-0.4, -0.2) is 52.0 Å². The molecular formula is C21H25F2N7O. The number of hydrogen-bond acceptors (Lipinski definition) is 7. The topological polar surface area (TPSA) is 85.8 Å². The fraction of sp³-hybridized carbons (Fsp3) is 0.429. The van der Waals surface area contributed by atoms with Crippen LogP contribution in [0.4, 0.5) is 14.6 Å². The number of alkyl halides is 2. The van der Waals surface area contributed by atoms with Crippen molar-refractivity contribution in [3.8, 4) is 0 Å². The summed E-state index contributed by atoms with van der Waals surface area (Å²) < 4.78 is 27.9. The minimum atomic E-state index is -2.75. The third kappa shape index (κ3) is 4.63. The Morgan fingerprint density at radius 1 is 1.26 bits per heavy atom. The van der Waals surface area contributed by atoms with E-state index in [0.29, 0.717) is 22.9 Å². The summed E-state index contributed by atoms with van der Waals surface area (Å²) in [7, 11) is 3.64. The minimum absolute atomic E-state index is 0.205. The van der Waals surface area contributed by atoms with Gasteiger partial charge in [-0.2, -0.15) is 0 Å². The van der Waals surface area contributed by atoms with Gasteiger partial charge in [-0.25, -0.2) is 18.9 Å². The van der Waals surface area contributed by atoms with Crippen molar-refractivity contribution >= 4 is 17.6 Å². The molecule has 1 saturated carbocycles. The molecule has 2 N–H and O–H groups in total. The standard InChI is InChI=1S/C21H25F2N7O/c1-13-11-24-12-17(25-13)26-20(31)18(16-8-9-21(22,23)10-16)14-4-6-15(7-5-14)19-27-29(2)30(3)28-19/h4-7,11-12,16,18H,8-10H2,1-3H3,(H,27,28)(H,25,26,31)/t16-,18+/m0/s1. The Kier molecular flexibility index (Phi) is 5.57. The molecule has 2 atom stereocenters. The summed E-state index contributed by atoms with van der Waals surface area (Å²) in [4.78, 5) is 21.5. The minimum Gasteiger partial charge on any atom is -0.309 e. The van der Waals surface area contributed by atoms with Crippen LogP contribution >= 0.6 is 0 Å². The zero-order valence-corrected chi connectivity index (χ0v) is 17.6. The first kappa shape index (κ1) is 21.1. The van der Waals surface area contributed by atoms with E-state index in [4.69, 9.17) is 0 Å². The van der Waals surface area contributed by atoms with Crippen LogP contribution in [0.1, 0.15) is 42.0 Å². The van der Waals surface area contributed by atoms with Crippen LogP contribution in [0.3, 0.4) is 0 Å². The van der Waals surface area contributed by atoms with Crippen molar-refractivity contribution in [1.82, 2.24) is 25.6 Å². The number of aromatic nitrogens is 2. The van der Waals surface area contributed by atoms with E-state index in [9.17, 15) is 13.6 Å². The Balaban J connectivity index is 1.60. The van der Waals surface area contributed by atoms with Gasteiger partial charge in [0.1, 0.15) is 0 Å². The van der Waals surface area contributed by atoms with E-state index in [1.165, 1.54) is 6.20 Å². The van der Waals surface area contributed by atoms with Gasteiger partial charge in [0.2, 0.25) is 11.8 Å². The molecule has 2 aliphatic rings. The molecule has 1 fully saturated rings. The molecule has 1 aromatic heterocycles. The average Bonchev–Trinajstić information content (AvgIpc) is 3.24. The Bertz CT molecular complexity index is 995. The first-order valence-electron chi connectivity index (χ1n) is 10.1. The maximum atomic E-state index is 14.0. The number of halogens is 2. The molecular weight excluding hydrogens is 404 g/mol. The first-order valence-corrected chi connectivity index (χ1v) is 10.1. The van der Waals surface area contributed by atoms with E-state index in [2.05, 4.69) is 25.8 Å². The van der Waals surface area contributed by atoms with Gasteiger partial charge in [-0.3, -0.25) is 15.2 Å². The van der Waals surface area contributed by atoms with E-state index in [1.54, 1.807) is 35.5 Å². The van der Waals surface area contributed by atoms with Crippen LogP contribution in [0.15, 0.2) is 41.8 Å². The van der Waals surface area contributed by atoms with E-state index in [0.717, 1.165) is 5.56 Å². The number of carbonyl (C=O) groups is 1. The summed E-state index contributed by atoms with van der Waals surface area (Å²) in [6.07, 6.45) is 2.80. The fourth-order valence-corrected chi connectivity index (χ4v) is 4.06. The fourth-order valence-electron chi connectivity index (χ4n) is 4.06. The van der Waals surface area contributed by atoms with E-state index >= 15 is 0 Å². The van der Waals surface area contributed by atoms with Crippen molar-refractivity contribution in [2.45, 2.75) is 38.0 Å². The molecule has 8 nitrogen and oxygen atoms in total. The van der Waals surface area contributed by atoms with Gasteiger partial charge in [0.15, 0.2) is 11.7 Å². The second-order valence-electron chi connectivity index (χ2n) is 8.07. The molecule has 0 radical (unpaired) electrons. The number of amidine groups is 1. The van der Waals surface area contributed by atoms with E-state index < -0.39 is 17.8 Å². The smallest absolute Gasteiger partial charge is 0.248 e. The maximum Gasteiger partial charge on any atom is 0.248 e. The molecule has 1 aliphatic carbocycles. The molecule has 2 heterocycles. The van der Waals surface area contributed by atoms with Gasteiger partial charge in [0.25, 0.3) is 0 Å². The number of hydrogen-bond donors (Lipinski definition) is 2. The number of hydrazine groups is 2. The number of amides is 1. The Morgan fingerprint density at radius 2 is 2.00 bits per heavy atom. The molecule has 0 unspecified atom stereocenters. The van der Waals surface area contributed by atoms with Crippen molar-refractivity contribution in [2.75, 3.05) is 19.4 Å². The van der Waals surface area contributed by atoms with Gasteiger partial charge < -0.3 is 5.32 Å². The summed E-state index contributed by atoms with van der Waals surface area (Å²) in [5.74, 6) is -3.30. The van der Waals surface area contributed by atoms with E-state index in [1.807, 2.05) is 26.2 Å². The lowest BCUT2D eigenvalue weighted by Gasteiger charge is -2.23. The highest BCUT2D eigenvalue weighted by Crippen LogP contribution is 2.45. The monoisotopic (exact) mass is 429 g/mol. The summed E-state index contributed by atoms with van der Waals surface area (Å²) in [6.45, 7) is 1.77. The molecule has 1 aromatic carbocycles. The lowest BCUT2D eigenvalue weighted by Crippen LogP contribution is -2.38. The van der Waals surface area contributed by atoms with Gasteiger partial charge in [-0.15, -0.1) is 10.2 Å². The summed E-state index contributed by atoms with van der Waals surface area (Å²) in [5.41, 5.74) is 5.29. The largest absolute Gasteiger partial charge is 0.309 e. The van der Waals surface area contributed by atoms with Crippen LogP contribution in [0.2, 0.25) is 0 Å². The molecule has 164 valence electrons. The number of aryl methyl sites for hydroxylation is 1. The number of nitrogens with zero attached hydrogens (tertiary/aromatic N) is 5. The van der Waals surface area contributed by atoms with Crippen molar-refractivity contribution in [3.63, 3.8) is 0 Å². The third-order valence-corrected chi connectivity index (χ3v) is 5.69. The second kappa shape index (κ2) is 8.18. The number of carbonyl (C=O) groups excluding carboxylic acids is 1. The number of anilines is 1. The zero-order valence-electron chi connectivity index (χ0n) is 17.6. The predicted molar refractivity (Wildman–Crippen MR) is 112 cm³/mol. The van der Waals surface area contributed by atoms with Crippen molar-refractivity contribution in [2.24, 2.45) is 11.0 Å². The Hall–Kier alpha value is -3.14. The Labute approximate surface area is 179 Å². The molecule has 2 aromatic rings. The predicted octanol–water partition coefficient (Wildman–Crippen LogP) is 2.90. The maximum absolute atomic E-state index is 14.0. The first-order chi connectivity index (χ1) is 14.7. The lowest BCUT2D eigenvalue weighted by molar-refractivity contribution is -0.118. The van der Waals surface area contributed by atoms with Crippen LogP contribution in [0, 0.1) is 12.8 Å². The zero-order chi connectivity index (χ0) is 22.2. The quantitative estimate of drug-likeness (QED) is 0.760. The molecule has 1 aliphatic heterocycles. The molecule has 0 spiro atoms. The van der Waals surface area contributed by atoms with Crippen LogP contribution in [-0.2, 0) is 4.79 Å². The highest BCUT2D eigenvalue weighted by molar-refractivity contribution is 5.99. The van der Waals surface area contributed by atoms with Crippen molar-refractivity contribution < 1.29 is 13.6 Å². The molecule has 1 amide bonds. The normalized spacial score (nSPS) is 21.5. The SMILES string of the molecule is Cc1cncc(NC(=O)[C@H](c2ccc(C3=NN(C)N(C)N3)cc2)[C@H]2CCC(F)(F)C2)n1. The van der Waals surface area contributed by atoms with Gasteiger partial charge in [-0.05, 0) is 24.8 Å². The third-order valence-electron chi connectivity index (χ3n) is 5.69. The highest BCUT2D eigenvalue weighted by atomic mass is 19.3. The molecule has 0 saturated heterocycles. The van der Waals surface area contributed by atoms with Crippen LogP contribution in [0.5, 0.6) is 0 Å². The molecule has 31 heavy (non-hydrogen) atoms. The average molecular weight is 429 g/mol. The van der Waals surface area contributed by atoms with Gasteiger partial charge >= 0.3 is 0 Å². The number of rotatable bonds is 5. The van der Waals surface area contributed by atoms with E-state index in [-0.39, 0.29) is 25.2 Å². The highest BCUT2D eigenvalue weighted by Gasteiger charge is 2.45. The second-order valence-corrected chi connectivity index (χ2v) is 8.07. The van der Waals surface area contributed by atoms with Gasteiger partial charge in [-0.1, -0.05) is 24.3 Å². The summed E-state index contributed by atoms with van der Waals surface area (Å²) in [6, 6.07) is 7.29. The Morgan fingerprint density at radius 3 is 2.58 bits per heavy atom. The lowest BCUT2D eigenvalue weighted by atomic mass is 9.83. The van der Waals surface area contributed by atoms with Gasteiger partial charge in [0.05, 0.1) is 17.8 Å². The number of benzene rings is 1. The summed E-state index contributed by atoms with van der Waals surface area (Å²) in [5, 5.41) is 10.5. The van der Waals surface area contributed by atoms with Crippen molar-refractivity contribution in [3.05, 3.63) is 53.5 Å². The number of hydrazone groups is 1. The number of nitrogens with one attached hydrogen (secondary N) is 2. The molecule has 10 heteroatoms.